The van der Waals surface area contributed by atoms with Gasteiger partial charge in [0.25, 0.3) is 5.91 Å². The minimum absolute atomic E-state index is 0.0949. The van der Waals surface area contributed by atoms with E-state index in [1.807, 2.05) is 6.07 Å². The average molecular weight is 308 g/mol. The van der Waals surface area contributed by atoms with Gasteiger partial charge in [-0.3, -0.25) is 9.69 Å². The van der Waals surface area contributed by atoms with Crippen molar-refractivity contribution in [2.75, 3.05) is 60.7 Å². The van der Waals surface area contributed by atoms with E-state index in [1.54, 1.807) is 38.3 Å². The Morgan fingerprint density at radius 1 is 1.23 bits per heavy atom. The van der Waals surface area contributed by atoms with Crippen LogP contribution in [0.15, 0.2) is 18.2 Å². The number of hydrogen-bond acceptors (Lipinski definition) is 5. The summed E-state index contributed by atoms with van der Waals surface area (Å²) in [6.07, 6.45) is 0. The minimum atomic E-state index is -0.0949. The Hall–Kier alpha value is -1.79. The van der Waals surface area contributed by atoms with E-state index < -0.39 is 0 Å². The van der Waals surface area contributed by atoms with Gasteiger partial charge in [0.2, 0.25) is 0 Å². The highest BCUT2D eigenvalue weighted by Gasteiger charge is 2.22. The van der Waals surface area contributed by atoms with Crippen LogP contribution in [0.25, 0.3) is 0 Å². The molecule has 0 saturated carbocycles. The quantitative estimate of drug-likeness (QED) is 0.788. The predicted octanol–water partition coefficient (Wildman–Crippen LogP) is 1.11. The number of ether oxygens (including phenoxy) is 3. The molecule has 2 rings (SSSR count). The fourth-order valence-electron chi connectivity index (χ4n) is 2.47. The molecule has 0 bridgehead atoms. The lowest BCUT2D eigenvalue weighted by atomic mass is 10.1. The molecule has 1 fully saturated rings. The van der Waals surface area contributed by atoms with E-state index in [2.05, 4.69) is 4.90 Å². The molecule has 0 aliphatic carbocycles. The first-order valence-electron chi connectivity index (χ1n) is 7.44. The third kappa shape index (κ3) is 3.90. The van der Waals surface area contributed by atoms with Crippen molar-refractivity contribution in [3.63, 3.8) is 0 Å². The van der Waals surface area contributed by atoms with Crippen molar-refractivity contribution >= 4 is 5.91 Å². The predicted molar refractivity (Wildman–Crippen MR) is 83.8 cm³/mol. The van der Waals surface area contributed by atoms with Crippen LogP contribution in [-0.4, -0.2) is 76.4 Å². The Kier molecular flexibility index (Phi) is 6.03. The van der Waals surface area contributed by atoms with E-state index in [1.165, 1.54) is 0 Å². The molecule has 122 valence electrons. The van der Waals surface area contributed by atoms with E-state index in [-0.39, 0.29) is 5.91 Å². The normalized spacial score (nSPS) is 15.4. The number of hydrogen-bond donors (Lipinski definition) is 0. The summed E-state index contributed by atoms with van der Waals surface area (Å²) < 4.78 is 15.9. The molecule has 0 aromatic heterocycles. The third-order valence-corrected chi connectivity index (χ3v) is 3.84. The van der Waals surface area contributed by atoms with Gasteiger partial charge in [-0.25, -0.2) is 0 Å². The standard InChI is InChI=1S/C16H24N2O4/c1-17(7-8-18-9-11-22-12-10-18)16(19)15-13(20-2)5-4-6-14(15)21-3/h4-6H,7-12H2,1-3H3. The number of likely N-dealkylation sites (N-methyl/N-ethyl adjacent to an activating group) is 1. The summed E-state index contributed by atoms with van der Waals surface area (Å²) in [5.41, 5.74) is 0.469. The van der Waals surface area contributed by atoms with Gasteiger partial charge in [0, 0.05) is 33.2 Å². The zero-order chi connectivity index (χ0) is 15.9. The molecule has 0 N–H and O–H groups in total. The summed E-state index contributed by atoms with van der Waals surface area (Å²) in [6.45, 7) is 4.85. The Balaban J connectivity index is 2.03. The molecule has 0 atom stereocenters. The Morgan fingerprint density at radius 2 is 1.82 bits per heavy atom. The molecular formula is C16H24N2O4. The molecule has 22 heavy (non-hydrogen) atoms. The highest BCUT2D eigenvalue weighted by molar-refractivity contribution is 5.99. The molecule has 1 aromatic carbocycles. The molecule has 0 spiro atoms. The molecule has 0 unspecified atom stereocenters. The van der Waals surface area contributed by atoms with Crippen LogP contribution in [0, 0.1) is 0 Å². The molecule has 1 amide bonds. The van der Waals surface area contributed by atoms with Gasteiger partial charge < -0.3 is 19.1 Å². The SMILES string of the molecule is COc1cccc(OC)c1C(=O)N(C)CCN1CCOCC1. The van der Waals surface area contributed by atoms with Crippen LogP contribution in [0.5, 0.6) is 11.5 Å². The van der Waals surface area contributed by atoms with Crippen LogP contribution in [0.1, 0.15) is 10.4 Å². The number of morpholine rings is 1. The molecule has 6 nitrogen and oxygen atoms in total. The first-order valence-corrected chi connectivity index (χ1v) is 7.44. The first-order chi connectivity index (χ1) is 10.7. The second kappa shape index (κ2) is 8.00. The van der Waals surface area contributed by atoms with Crippen LogP contribution in [-0.2, 0) is 4.74 Å². The minimum Gasteiger partial charge on any atom is -0.496 e. The maximum atomic E-state index is 12.7. The Bertz CT molecular complexity index is 479. The number of methoxy groups -OCH3 is 2. The van der Waals surface area contributed by atoms with Crippen molar-refractivity contribution < 1.29 is 19.0 Å². The van der Waals surface area contributed by atoms with Crippen molar-refractivity contribution in [3.8, 4) is 11.5 Å². The van der Waals surface area contributed by atoms with Crippen LogP contribution >= 0.6 is 0 Å². The number of rotatable bonds is 6. The summed E-state index contributed by atoms with van der Waals surface area (Å²) in [6, 6.07) is 5.35. The van der Waals surface area contributed by atoms with Crippen molar-refractivity contribution in [1.29, 1.82) is 0 Å². The lowest BCUT2D eigenvalue weighted by Gasteiger charge is -2.29. The molecule has 1 saturated heterocycles. The molecule has 0 radical (unpaired) electrons. The van der Waals surface area contributed by atoms with Crippen LogP contribution in [0.2, 0.25) is 0 Å². The van der Waals surface area contributed by atoms with Gasteiger partial charge in [0.05, 0.1) is 27.4 Å². The summed E-state index contributed by atoms with van der Waals surface area (Å²) >= 11 is 0. The second-order valence-corrected chi connectivity index (χ2v) is 5.22. The number of benzene rings is 1. The zero-order valence-corrected chi connectivity index (χ0v) is 13.5. The molecule has 1 aliphatic heterocycles. The van der Waals surface area contributed by atoms with E-state index in [9.17, 15) is 4.79 Å². The molecular weight excluding hydrogens is 284 g/mol. The van der Waals surface area contributed by atoms with E-state index in [0.717, 1.165) is 32.8 Å². The van der Waals surface area contributed by atoms with Crippen molar-refractivity contribution in [3.05, 3.63) is 23.8 Å². The Labute approximate surface area is 131 Å². The summed E-state index contributed by atoms with van der Waals surface area (Å²) in [5, 5.41) is 0. The number of nitrogens with zero attached hydrogens (tertiary/aromatic N) is 2. The monoisotopic (exact) mass is 308 g/mol. The van der Waals surface area contributed by atoms with Crippen molar-refractivity contribution in [2.24, 2.45) is 0 Å². The smallest absolute Gasteiger partial charge is 0.261 e. The van der Waals surface area contributed by atoms with Gasteiger partial charge in [0.15, 0.2) is 0 Å². The zero-order valence-electron chi connectivity index (χ0n) is 13.5. The highest BCUT2D eigenvalue weighted by atomic mass is 16.5. The molecule has 1 aliphatic rings. The second-order valence-electron chi connectivity index (χ2n) is 5.22. The van der Waals surface area contributed by atoms with Crippen molar-refractivity contribution in [2.45, 2.75) is 0 Å². The van der Waals surface area contributed by atoms with E-state index in [4.69, 9.17) is 14.2 Å². The van der Waals surface area contributed by atoms with Gasteiger partial charge in [-0.15, -0.1) is 0 Å². The van der Waals surface area contributed by atoms with Gasteiger partial charge in [-0.2, -0.15) is 0 Å². The lowest BCUT2D eigenvalue weighted by Crippen LogP contribution is -2.42. The van der Waals surface area contributed by atoms with Crippen LogP contribution in [0.3, 0.4) is 0 Å². The average Bonchev–Trinajstić information content (AvgIpc) is 2.59. The van der Waals surface area contributed by atoms with Gasteiger partial charge in [0.1, 0.15) is 17.1 Å². The molecule has 6 heteroatoms. The fourth-order valence-corrected chi connectivity index (χ4v) is 2.47. The largest absolute Gasteiger partial charge is 0.496 e. The van der Waals surface area contributed by atoms with E-state index in [0.29, 0.717) is 23.6 Å². The number of amides is 1. The summed E-state index contributed by atoms with van der Waals surface area (Å²) in [4.78, 5) is 16.7. The Morgan fingerprint density at radius 3 is 2.36 bits per heavy atom. The maximum absolute atomic E-state index is 12.7. The van der Waals surface area contributed by atoms with Gasteiger partial charge >= 0.3 is 0 Å². The van der Waals surface area contributed by atoms with Gasteiger partial charge in [-0.05, 0) is 12.1 Å². The van der Waals surface area contributed by atoms with Crippen LogP contribution in [0.4, 0.5) is 0 Å². The summed E-state index contributed by atoms with van der Waals surface area (Å²) in [5.74, 6) is 0.965. The maximum Gasteiger partial charge on any atom is 0.261 e. The number of carbonyl (C=O) groups excluding carboxylic acids is 1. The van der Waals surface area contributed by atoms with E-state index >= 15 is 0 Å². The fraction of sp³-hybridized carbons (Fsp3) is 0.562. The lowest BCUT2D eigenvalue weighted by molar-refractivity contribution is 0.0338. The summed E-state index contributed by atoms with van der Waals surface area (Å²) in [7, 11) is 4.91. The third-order valence-electron chi connectivity index (χ3n) is 3.84. The molecule has 1 heterocycles. The molecule has 1 aromatic rings. The number of carbonyl (C=O) groups is 1. The van der Waals surface area contributed by atoms with Gasteiger partial charge in [-0.1, -0.05) is 6.07 Å². The first kappa shape index (κ1) is 16.6. The van der Waals surface area contributed by atoms with Crippen LogP contribution < -0.4 is 9.47 Å². The highest BCUT2D eigenvalue weighted by Crippen LogP contribution is 2.29. The van der Waals surface area contributed by atoms with Crippen molar-refractivity contribution in [1.82, 2.24) is 9.80 Å². The topological polar surface area (TPSA) is 51.2 Å².